The number of nitrogens with one attached hydrogen (secondary N) is 2. The zero-order chi connectivity index (χ0) is 18.6. The molecule has 1 atom stereocenters. The molecule has 0 spiro atoms. The fraction of sp³-hybridized carbons (Fsp3) is 0.364. The van der Waals surface area contributed by atoms with Crippen molar-refractivity contribution in [2.75, 3.05) is 24.5 Å². The highest BCUT2D eigenvalue weighted by atomic mass is 16.1. The van der Waals surface area contributed by atoms with E-state index in [2.05, 4.69) is 39.2 Å². The molecule has 1 fully saturated rings. The molecule has 2 aromatic carbocycles. The van der Waals surface area contributed by atoms with E-state index in [-0.39, 0.29) is 11.8 Å². The highest BCUT2D eigenvalue weighted by molar-refractivity contribution is 5.79. The maximum Gasteiger partial charge on any atom is 0.223 e. The monoisotopic (exact) mass is 362 g/mol. The Morgan fingerprint density at radius 1 is 1.15 bits per heavy atom. The molecule has 1 aliphatic heterocycles. The summed E-state index contributed by atoms with van der Waals surface area (Å²) >= 11 is 0. The minimum atomic E-state index is 0.0913. The molecule has 27 heavy (non-hydrogen) atoms. The van der Waals surface area contributed by atoms with Crippen molar-refractivity contribution in [2.24, 2.45) is 5.92 Å². The van der Waals surface area contributed by atoms with Crippen molar-refractivity contribution >= 4 is 22.9 Å². The van der Waals surface area contributed by atoms with Crippen molar-refractivity contribution < 1.29 is 4.79 Å². The summed E-state index contributed by atoms with van der Waals surface area (Å²) in [5, 5.41) is 3.15. The van der Waals surface area contributed by atoms with E-state index in [1.807, 2.05) is 42.5 Å². The lowest BCUT2D eigenvalue weighted by atomic mass is 9.95. The normalized spacial score (nSPS) is 16.4. The minimum Gasteiger partial charge on any atom is -0.355 e. The summed E-state index contributed by atoms with van der Waals surface area (Å²) < 4.78 is 0. The Bertz CT molecular complexity index is 864. The molecular weight excluding hydrogens is 336 g/mol. The molecule has 140 valence electrons. The van der Waals surface area contributed by atoms with E-state index in [1.54, 1.807) is 0 Å². The van der Waals surface area contributed by atoms with Crippen LogP contribution in [0.1, 0.15) is 31.2 Å². The fourth-order valence-corrected chi connectivity index (χ4v) is 3.74. The van der Waals surface area contributed by atoms with E-state index in [0.717, 1.165) is 42.9 Å². The van der Waals surface area contributed by atoms with Crippen LogP contribution in [-0.2, 0) is 4.79 Å². The number of nitrogens with zero attached hydrogens (tertiary/aromatic N) is 2. The van der Waals surface area contributed by atoms with Crippen molar-refractivity contribution in [2.45, 2.75) is 25.7 Å². The van der Waals surface area contributed by atoms with Crippen LogP contribution in [0.25, 0.3) is 11.0 Å². The van der Waals surface area contributed by atoms with Gasteiger partial charge in [-0.1, -0.05) is 49.4 Å². The van der Waals surface area contributed by atoms with Gasteiger partial charge >= 0.3 is 0 Å². The zero-order valence-corrected chi connectivity index (χ0v) is 15.7. The van der Waals surface area contributed by atoms with Gasteiger partial charge in [-0.25, -0.2) is 4.98 Å². The van der Waals surface area contributed by atoms with Gasteiger partial charge in [0.2, 0.25) is 11.9 Å². The van der Waals surface area contributed by atoms with Gasteiger partial charge in [0.05, 0.1) is 11.0 Å². The second-order valence-electron chi connectivity index (χ2n) is 7.40. The molecule has 1 saturated heterocycles. The molecule has 1 aromatic heterocycles. The van der Waals surface area contributed by atoms with Gasteiger partial charge in [-0.15, -0.1) is 0 Å². The second kappa shape index (κ2) is 7.82. The van der Waals surface area contributed by atoms with E-state index < -0.39 is 0 Å². The first-order valence-corrected chi connectivity index (χ1v) is 9.73. The summed E-state index contributed by atoms with van der Waals surface area (Å²) in [4.78, 5) is 22.9. The third-order valence-corrected chi connectivity index (χ3v) is 5.49. The molecule has 0 bridgehead atoms. The summed E-state index contributed by atoms with van der Waals surface area (Å²) in [6.45, 7) is 4.55. The Hall–Kier alpha value is -2.82. The Labute approximate surface area is 159 Å². The number of piperidine rings is 1. The third-order valence-electron chi connectivity index (χ3n) is 5.49. The number of amides is 1. The summed E-state index contributed by atoms with van der Waals surface area (Å²) in [5.41, 5.74) is 3.31. The highest BCUT2D eigenvalue weighted by Gasteiger charge is 2.26. The number of rotatable bonds is 5. The second-order valence-corrected chi connectivity index (χ2v) is 7.40. The first kappa shape index (κ1) is 17.6. The lowest BCUT2D eigenvalue weighted by Crippen LogP contribution is -2.41. The van der Waals surface area contributed by atoms with Gasteiger partial charge in [0.25, 0.3) is 0 Å². The van der Waals surface area contributed by atoms with Gasteiger partial charge in [0.1, 0.15) is 0 Å². The topological polar surface area (TPSA) is 61.0 Å². The van der Waals surface area contributed by atoms with E-state index in [9.17, 15) is 4.79 Å². The molecule has 1 aliphatic rings. The van der Waals surface area contributed by atoms with Gasteiger partial charge in [0.15, 0.2) is 0 Å². The van der Waals surface area contributed by atoms with E-state index in [4.69, 9.17) is 0 Å². The lowest BCUT2D eigenvalue weighted by molar-refractivity contribution is -0.125. The van der Waals surface area contributed by atoms with Gasteiger partial charge < -0.3 is 15.2 Å². The van der Waals surface area contributed by atoms with Crippen molar-refractivity contribution in [3.63, 3.8) is 0 Å². The van der Waals surface area contributed by atoms with Crippen LogP contribution in [0.3, 0.4) is 0 Å². The van der Waals surface area contributed by atoms with Crippen LogP contribution in [0.2, 0.25) is 0 Å². The SMILES string of the molecule is CC(CNC(=O)C1CCN(c2nc3ccccc3[nH]2)CC1)c1ccccc1. The van der Waals surface area contributed by atoms with Gasteiger partial charge in [-0.3, -0.25) is 4.79 Å². The Kier molecular flexibility index (Phi) is 5.10. The highest BCUT2D eigenvalue weighted by Crippen LogP contribution is 2.24. The number of benzene rings is 2. The maximum absolute atomic E-state index is 12.6. The number of imidazole rings is 1. The van der Waals surface area contributed by atoms with Gasteiger partial charge in [-0.05, 0) is 36.5 Å². The summed E-state index contributed by atoms with van der Waals surface area (Å²) in [6.07, 6.45) is 1.73. The Morgan fingerprint density at radius 2 is 1.85 bits per heavy atom. The third kappa shape index (κ3) is 3.97. The molecular formula is C22H26N4O. The number of carbonyl (C=O) groups is 1. The van der Waals surface area contributed by atoms with Crippen molar-refractivity contribution in [3.8, 4) is 0 Å². The molecule has 4 rings (SSSR count). The molecule has 1 amide bonds. The fourth-order valence-electron chi connectivity index (χ4n) is 3.74. The lowest BCUT2D eigenvalue weighted by Gasteiger charge is -2.31. The molecule has 3 aromatic rings. The molecule has 0 saturated carbocycles. The van der Waals surface area contributed by atoms with Crippen LogP contribution in [-0.4, -0.2) is 35.5 Å². The van der Waals surface area contributed by atoms with Crippen molar-refractivity contribution in [1.29, 1.82) is 0 Å². The molecule has 1 unspecified atom stereocenters. The molecule has 0 radical (unpaired) electrons. The number of hydrogen-bond donors (Lipinski definition) is 2. The summed E-state index contributed by atoms with van der Waals surface area (Å²) in [7, 11) is 0. The maximum atomic E-state index is 12.6. The number of H-pyrrole nitrogens is 1. The number of hydrogen-bond acceptors (Lipinski definition) is 3. The van der Waals surface area contributed by atoms with Gasteiger partial charge in [-0.2, -0.15) is 0 Å². The Morgan fingerprint density at radius 3 is 2.59 bits per heavy atom. The van der Waals surface area contributed by atoms with Crippen LogP contribution < -0.4 is 10.2 Å². The van der Waals surface area contributed by atoms with Crippen molar-refractivity contribution in [3.05, 3.63) is 60.2 Å². The molecule has 0 aliphatic carbocycles. The van der Waals surface area contributed by atoms with Crippen LogP contribution in [0, 0.1) is 5.92 Å². The first-order valence-electron chi connectivity index (χ1n) is 9.73. The number of para-hydroxylation sites is 2. The molecule has 2 heterocycles. The number of carbonyl (C=O) groups excluding carboxylic acids is 1. The van der Waals surface area contributed by atoms with E-state index >= 15 is 0 Å². The average Bonchev–Trinajstić information content (AvgIpc) is 3.17. The number of aromatic nitrogens is 2. The number of fused-ring (bicyclic) bond motifs is 1. The molecule has 5 heteroatoms. The predicted octanol–water partition coefficient (Wildman–Crippen LogP) is 3.70. The first-order chi connectivity index (χ1) is 13.2. The minimum absolute atomic E-state index is 0.0913. The quantitative estimate of drug-likeness (QED) is 0.727. The van der Waals surface area contributed by atoms with Crippen LogP contribution in [0.4, 0.5) is 5.95 Å². The van der Waals surface area contributed by atoms with E-state index in [0.29, 0.717) is 12.5 Å². The largest absolute Gasteiger partial charge is 0.355 e. The summed E-state index contributed by atoms with van der Waals surface area (Å²) in [5.74, 6) is 1.51. The van der Waals surface area contributed by atoms with E-state index in [1.165, 1.54) is 5.56 Å². The average molecular weight is 362 g/mol. The Balaban J connectivity index is 1.29. The van der Waals surface area contributed by atoms with Crippen LogP contribution >= 0.6 is 0 Å². The predicted molar refractivity (Wildman–Crippen MR) is 109 cm³/mol. The number of aromatic amines is 1. The molecule has 5 nitrogen and oxygen atoms in total. The zero-order valence-electron chi connectivity index (χ0n) is 15.7. The smallest absolute Gasteiger partial charge is 0.223 e. The number of anilines is 1. The van der Waals surface area contributed by atoms with Crippen LogP contribution in [0.5, 0.6) is 0 Å². The standard InChI is InChI=1S/C22H26N4O/c1-16(17-7-3-2-4-8-17)15-23-21(27)18-11-13-26(14-12-18)22-24-19-9-5-6-10-20(19)25-22/h2-10,16,18H,11-15H2,1H3,(H,23,27)(H,24,25). The molecule has 2 N–H and O–H groups in total. The van der Waals surface area contributed by atoms with Crippen LogP contribution in [0.15, 0.2) is 54.6 Å². The van der Waals surface area contributed by atoms with Gasteiger partial charge in [0, 0.05) is 25.6 Å². The summed E-state index contributed by atoms with van der Waals surface area (Å²) in [6, 6.07) is 18.4. The van der Waals surface area contributed by atoms with Crippen molar-refractivity contribution in [1.82, 2.24) is 15.3 Å².